The van der Waals surface area contributed by atoms with Gasteiger partial charge in [-0.05, 0) is 24.3 Å². The molecule has 24 heavy (non-hydrogen) atoms. The number of rotatable bonds is 3. The van der Waals surface area contributed by atoms with Crippen molar-refractivity contribution in [2.75, 3.05) is 6.54 Å². The zero-order valence-electron chi connectivity index (χ0n) is 12.4. The smallest absolute Gasteiger partial charge is 0.268 e. The van der Waals surface area contributed by atoms with Gasteiger partial charge in [0.15, 0.2) is 5.65 Å². The van der Waals surface area contributed by atoms with Gasteiger partial charge in [0.1, 0.15) is 4.90 Å². The summed E-state index contributed by atoms with van der Waals surface area (Å²) in [7, 11) is -3.87. The van der Waals surface area contributed by atoms with Gasteiger partial charge in [-0.15, -0.1) is 5.10 Å². The molecule has 122 valence electrons. The summed E-state index contributed by atoms with van der Waals surface area (Å²) in [5.74, 6) is -0.581. The number of pyridine rings is 1. The highest BCUT2D eigenvalue weighted by atomic mass is 32.2. The number of amides is 1. The number of benzene rings is 1. The van der Waals surface area contributed by atoms with E-state index in [0.29, 0.717) is 5.65 Å². The number of carbonyl (C=O) groups excluding carboxylic acids is 1. The van der Waals surface area contributed by atoms with E-state index >= 15 is 0 Å². The molecule has 4 rings (SSSR count). The van der Waals surface area contributed by atoms with Crippen LogP contribution in [0.15, 0.2) is 58.4 Å². The first-order valence-corrected chi connectivity index (χ1v) is 8.64. The first-order valence-electron chi connectivity index (χ1n) is 7.20. The quantitative estimate of drug-likeness (QED) is 0.683. The molecule has 0 N–H and O–H groups in total. The van der Waals surface area contributed by atoms with Crippen LogP contribution in [0.3, 0.4) is 0 Å². The van der Waals surface area contributed by atoms with Crippen LogP contribution in [0.5, 0.6) is 0 Å². The minimum atomic E-state index is -3.87. The van der Waals surface area contributed by atoms with Crippen molar-refractivity contribution in [3.8, 4) is 0 Å². The number of nitrogens with zero attached hydrogens (tertiary/aromatic N) is 4. The zero-order valence-corrected chi connectivity index (χ0v) is 13.2. The molecule has 2 aromatic heterocycles. The summed E-state index contributed by atoms with van der Waals surface area (Å²) < 4.78 is 28.2. The summed E-state index contributed by atoms with van der Waals surface area (Å²) in [5.41, 5.74) is 0.230. The predicted molar refractivity (Wildman–Crippen MR) is 84.1 cm³/mol. The van der Waals surface area contributed by atoms with Crippen LogP contribution >= 0.6 is 0 Å². The second kappa shape index (κ2) is 5.03. The van der Waals surface area contributed by atoms with Gasteiger partial charge in [0, 0.05) is 6.20 Å². The van der Waals surface area contributed by atoms with Crippen LogP contribution in [0.2, 0.25) is 0 Å². The van der Waals surface area contributed by atoms with Crippen molar-refractivity contribution in [2.24, 2.45) is 0 Å². The highest BCUT2D eigenvalue weighted by Crippen LogP contribution is 2.29. The fourth-order valence-corrected chi connectivity index (χ4v) is 4.31. The summed E-state index contributed by atoms with van der Waals surface area (Å²) in [5, 5.41) is 4.13. The monoisotopic (exact) mass is 344 g/mol. The SMILES string of the molecule is O=C1c2ccccc2S(=O)(=O)N1CCn1nc2ccccn2c1=O. The lowest BCUT2D eigenvalue weighted by atomic mass is 10.2. The Bertz CT molecular complexity index is 1130. The Morgan fingerprint density at radius 2 is 1.71 bits per heavy atom. The van der Waals surface area contributed by atoms with Gasteiger partial charge in [0.25, 0.3) is 15.9 Å². The van der Waals surface area contributed by atoms with Gasteiger partial charge in [-0.3, -0.25) is 9.20 Å². The molecule has 0 unspecified atom stereocenters. The summed E-state index contributed by atoms with van der Waals surface area (Å²) >= 11 is 0. The van der Waals surface area contributed by atoms with E-state index in [4.69, 9.17) is 0 Å². The van der Waals surface area contributed by atoms with Gasteiger partial charge in [0.2, 0.25) is 0 Å². The number of hydrogen-bond donors (Lipinski definition) is 0. The molecule has 8 nitrogen and oxygen atoms in total. The molecule has 0 spiro atoms. The molecule has 1 amide bonds. The molecule has 0 radical (unpaired) electrons. The van der Waals surface area contributed by atoms with E-state index in [9.17, 15) is 18.0 Å². The van der Waals surface area contributed by atoms with Crippen molar-refractivity contribution >= 4 is 21.6 Å². The number of aromatic nitrogens is 3. The molecule has 0 aliphatic carbocycles. The largest absolute Gasteiger partial charge is 0.350 e. The lowest BCUT2D eigenvalue weighted by Crippen LogP contribution is -2.35. The molecule has 3 aromatic rings. The Kier molecular flexibility index (Phi) is 3.07. The normalized spacial score (nSPS) is 15.8. The van der Waals surface area contributed by atoms with Crippen LogP contribution < -0.4 is 5.69 Å². The average Bonchev–Trinajstić information content (AvgIpc) is 3.00. The maximum absolute atomic E-state index is 12.5. The number of fused-ring (bicyclic) bond motifs is 2. The van der Waals surface area contributed by atoms with Gasteiger partial charge in [-0.25, -0.2) is 22.2 Å². The van der Waals surface area contributed by atoms with E-state index in [2.05, 4.69) is 5.10 Å². The van der Waals surface area contributed by atoms with Crippen molar-refractivity contribution in [2.45, 2.75) is 11.4 Å². The van der Waals surface area contributed by atoms with Crippen LogP contribution in [0, 0.1) is 0 Å². The summed E-state index contributed by atoms with van der Waals surface area (Å²) in [6.45, 7) is -0.168. The third-order valence-corrected chi connectivity index (χ3v) is 5.76. The molecular weight excluding hydrogens is 332 g/mol. The van der Waals surface area contributed by atoms with E-state index in [1.807, 2.05) is 0 Å². The standard InChI is InChI=1S/C15H12N4O4S/c20-14-11-5-1-2-6-12(11)24(22,23)19(14)10-9-18-15(21)17-8-4-3-7-13(17)16-18/h1-8H,9-10H2. The van der Waals surface area contributed by atoms with Gasteiger partial charge in [-0.2, -0.15) is 0 Å². The highest BCUT2D eigenvalue weighted by molar-refractivity contribution is 7.90. The minimum Gasteiger partial charge on any atom is -0.268 e. The van der Waals surface area contributed by atoms with E-state index < -0.39 is 15.9 Å². The Hall–Kier alpha value is -2.94. The molecule has 0 saturated carbocycles. The maximum atomic E-state index is 12.5. The van der Waals surface area contributed by atoms with Gasteiger partial charge < -0.3 is 0 Å². The van der Waals surface area contributed by atoms with E-state index in [-0.39, 0.29) is 29.2 Å². The average molecular weight is 344 g/mol. The Morgan fingerprint density at radius 3 is 2.46 bits per heavy atom. The van der Waals surface area contributed by atoms with Crippen molar-refractivity contribution < 1.29 is 13.2 Å². The predicted octanol–water partition coefficient (Wildman–Crippen LogP) is 0.341. The molecular formula is C15H12N4O4S. The van der Waals surface area contributed by atoms with Crippen LogP contribution in [0.1, 0.15) is 10.4 Å². The molecule has 0 bridgehead atoms. The summed E-state index contributed by atoms with van der Waals surface area (Å²) in [6.07, 6.45) is 1.58. The van der Waals surface area contributed by atoms with Crippen molar-refractivity contribution in [3.63, 3.8) is 0 Å². The van der Waals surface area contributed by atoms with E-state index in [0.717, 1.165) is 8.99 Å². The third-order valence-electron chi connectivity index (χ3n) is 3.92. The third kappa shape index (κ3) is 1.98. The lowest BCUT2D eigenvalue weighted by molar-refractivity contribution is 0.0867. The van der Waals surface area contributed by atoms with Crippen LogP contribution in [0.25, 0.3) is 5.65 Å². The Morgan fingerprint density at radius 1 is 0.958 bits per heavy atom. The molecule has 1 aliphatic heterocycles. The topological polar surface area (TPSA) is 93.8 Å². The number of carbonyl (C=O) groups is 1. The summed E-state index contributed by atoms with van der Waals surface area (Å²) in [6, 6.07) is 11.2. The maximum Gasteiger partial charge on any atom is 0.350 e. The first-order chi connectivity index (χ1) is 11.5. The molecule has 9 heteroatoms. The van der Waals surface area contributed by atoms with E-state index in [1.54, 1.807) is 36.5 Å². The fourth-order valence-electron chi connectivity index (χ4n) is 2.75. The van der Waals surface area contributed by atoms with Crippen LogP contribution in [-0.4, -0.2) is 39.4 Å². The Balaban J connectivity index is 1.66. The second-order valence-electron chi connectivity index (χ2n) is 5.31. The molecule has 0 saturated heterocycles. The molecule has 0 fully saturated rings. The Labute approximate surface area is 136 Å². The number of hydrogen-bond acceptors (Lipinski definition) is 5. The number of sulfonamides is 1. The fraction of sp³-hybridized carbons (Fsp3) is 0.133. The summed E-state index contributed by atoms with van der Waals surface area (Å²) in [4.78, 5) is 24.5. The van der Waals surface area contributed by atoms with Crippen molar-refractivity contribution in [1.29, 1.82) is 0 Å². The van der Waals surface area contributed by atoms with E-state index in [1.165, 1.54) is 16.5 Å². The van der Waals surface area contributed by atoms with Gasteiger partial charge >= 0.3 is 5.69 Å². The van der Waals surface area contributed by atoms with Crippen LogP contribution in [0.4, 0.5) is 0 Å². The molecule has 3 heterocycles. The minimum absolute atomic E-state index is 0.00246. The lowest BCUT2D eigenvalue weighted by Gasteiger charge is -2.14. The van der Waals surface area contributed by atoms with Gasteiger partial charge in [-0.1, -0.05) is 18.2 Å². The first kappa shape index (κ1) is 14.6. The highest BCUT2D eigenvalue weighted by Gasteiger charge is 2.40. The zero-order chi connectivity index (χ0) is 16.9. The van der Waals surface area contributed by atoms with Crippen molar-refractivity contribution in [1.82, 2.24) is 18.5 Å². The van der Waals surface area contributed by atoms with Gasteiger partial charge in [0.05, 0.1) is 18.7 Å². The van der Waals surface area contributed by atoms with Crippen molar-refractivity contribution in [3.05, 3.63) is 64.7 Å². The molecule has 0 atom stereocenters. The second-order valence-corrected chi connectivity index (χ2v) is 7.14. The molecule has 1 aromatic carbocycles. The molecule has 1 aliphatic rings. The van der Waals surface area contributed by atoms with Crippen LogP contribution in [-0.2, 0) is 16.6 Å².